The third-order valence-corrected chi connectivity index (χ3v) is 5.21. The summed E-state index contributed by atoms with van der Waals surface area (Å²) in [7, 11) is 3.94. The molecule has 1 aliphatic carbocycles. The smallest absolute Gasteiger partial charge is 0.0834 e. The summed E-state index contributed by atoms with van der Waals surface area (Å²) in [6.07, 6.45) is 5.80. The van der Waals surface area contributed by atoms with Gasteiger partial charge in [0.25, 0.3) is 0 Å². The molecule has 1 aliphatic rings. The number of aromatic nitrogens is 2. The molecule has 21 heavy (non-hydrogen) atoms. The third kappa shape index (κ3) is 3.49. The fourth-order valence-electron chi connectivity index (χ4n) is 3.74. The summed E-state index contributed by atoms with van der Waals surface area (Å²) in [5, 5.41) is 8.09. The second-order valence-corrected chi connectivity index (χ2v) is 6.59. The van der Waals surface area contributed by atoms with Gasteiger partial charge in [0.1, 0.15) is 0 Å². The Morgan fingerprint density at radius 3 is 2.67 bits per heavy atom. The van der Waals surface area contributed by atoms with E-state index in [0.29, 0.717) is 6.04 Å². The van der Waals surface area contributed by atoms with E-state index in [2.05, 4.69) is 49.0 Å². The van der Waals surface area contributed by atoms with Crippen LogP contribution < -0.4 is 5.32 Å². The number of ether oxygens (including phenoxy) is 1. The Balaban J connectivity index is 2.17. The van der Waals surface area contributed by atoms with Crippen molar-refractivity contribution in [1.82, 2.24) is 15.1 Å². The minimum atomic E-state index is -0.0298. The summed E-state index contributed by atoms with van der Waals surface area (Å²) < 4.78 is 8.16. The molecule has 0 aliphatic heterocycles. The quantitative estimate of drug-likeness (QED) is 0.876. The van der Waals surface area contributed by atoms with Crippen molar-refractivity contribution in [3.8, 4) is 0 Å². The van der Waals surface area contributed by atoms with Crippen LogP contribution in [0.3, 0.4) is 0 Å². The minimum absolute atomic E-state index is 0.0298. The highest BCUT2D eigenvalue weighted by atomic mass is 16.5. The first kappa shape index (κ1) is 16.5. The summed E-state index contributed by atoms with van der Waals surface area (Å²) >= 11 is 0. The largest absolute Gasteiger partial charge is 0.377 e. The molecule has 1 saturated carbocycles. The average molecular weight is 293 g/mol. The van der Waals surface area contributed by atoms with Crippen molar-refractivity contribution in [1.29, 1.82) is 0 Å². The number of hydrogen-bond donors (Lipinski definition) is 1. The van der Waals surface area contributed by atoms with E-state index in [9.17, 15) is 0 Å². The Morgan fingerprint density at radius 1 is 1.48 bits per heavy atom. The number of rotatable bonds is 6. The van der Waals surface area contributed by atoms with E-state index in [1.54, 1.807) is 0 Å². The molecule has 0 saturated heterocycles. The summed E-state index contributed by atoms with van der Waals surface area (Å²) in [5.41, 5.74) is 2.38. The van der Waals surface area contributed by atoms with Crippen molar-refractivity contribution in [2.75, 3.05) is 14.2 Å². The van der Waals surface area contributed by atoms with Gasteiger partial charge in [-0.05, 0) is 58.6 Å². The Hall–Kier alpha value is -0.870. The standard InChI is InChI=1S/C17H31N3O/c1-6-20-15(11-14(3)19-20)12-16(18-4)17(21-5)9-7-13(2)8-10-17/h11,13,16,18H,6-10,12H2,1-5H3. The van der Waals surface area contributed by atoms with Crippen LogP contribution in [0.2, 0.25) is 0 Å². The summed E-state index contributed by atoms with van der Waals surface area (Å²) in [5.74, 6) is 0.828. The van der Waals surface area contributed by atoms with Gasteiger partial charge in [-0.3, -0.25) is 4.68 Å². The molecule has 120 valence electrons. The normalized spacial score (nSPS) is 27.8. The molecule has 2 rings (SSSR count). The van der Waals surface area contributed by atoms with Crippen molar-refractivity contribution in [2.45, 2.75) is 71.1 Å². The van der Waals surface area contributed by atoms with Crippen LogP contribution in [0, 0.1) is 12.8 Å². The molecule has 0 spiro atoms. The molecule has 0 bridgehead atoms. The average Bonchev–Trinajstić information content (AvgIpc) is 2.86. The fraction of sp³-hybridized carbons (Fsp3) is 0.824. The van der Waals surface area contributed by atoms with Crippen molar-refractivity contribution in [2.24, 2.45) is 5.92 Å². The number of methoxy groups -OCH3 is 1. The van der Waals surface area contributed by atoms with E-state index in [1.807, 2.05) is 7.11 Å². The molecule has 1 atom stereocenters. The lowest BCUT2D eigenvalue weighted by Gasteiger charge is -2.44. The van der Waals surface area contributed by atoms with E-state index in [1.165, 1.54) is 18.5 Å². The van der Waals surface area contributed by atoms with E-state index in [0.717, 1.165) is 37.4 Å². The van der Waals surface area contributed by atoms with E-state index in [-0.39, 0.29) is 5.60 Å². The molecule has 1 aromatic heterocycles. The predicted octanol–water partition coefficient (Wildman–Crippen LogP) is 2.94. The van der Waals surface area contributed by atoms with Gasteiger partial charge in [-0.25, -0.2) is 0 Å². The fourth-order valence-corrected chi connectivity index (χ4v) is 3.74. The number of nitrogens with zero attached hydrogens (tertiary/aromatic N) is 2. The summed E-state index contributed by atoms with van der Waals surface area (Å²) in [6.45, 7) is 7.50. The molecule has 1 N–H and O–H groups in total. The first-order chi connectivity index (χ1) is 10.0. The van der Waals surface area contributed by atoms with Crippen LogP contribution in [0.4, 0.5) is 0 Å². The third-order valence-electron chi connectivity index (χ3n) is 5.21. The number of aryl methyl sites for hydroxylation is 2. The Morgan fingerprint density at radius 2 is 2.14 bits per heavy atom. The Labute approximate surface area is 129 Å². The van der Waals surface area contributed by atoms with Gasteiger partial charge >= 0.3 is 0 Å². The molecule has 0 amide bonds. The molecular weight excluding hydrogens is 262 g/mol. The maximum atomic E-state index is 6.04. The molecule has 1 unspecified atom stereocenters. The van der Waals surface area contributed by atoms with E-state index < -0.39 is 0 Å². The summed E-state index contributed by atoms with van der Waals surface area (Å²) in [4.78, 5) is 0. The van der Waals surface area contributed by atoms with Gasteiger partial charge in [0.2, 0.25) is 0 Å². The number of nitrogens with one attached hydrogen (secondary N) is 1. The molecular formula is C17H31N3O. The van der Waals surface area contributed by atoms with Crippen LogP contribution in [-0.2, 0) is 17.7 Å². The molecule has 0 aromatic carbocycles. The van der Waals surface area contributed by atoms with Gasteiger partial charge in [-0.2, -0.15) is 5.10 Å². The van der Waals surface area contributed by atoms with Crippen LogP contribution >= 0.6 is 0 Å². The molecule has 4 heteroatoms. The van der Waals surface area contributed by atoms with E-state index >= 15 is 0 Å². The zero-order valence-electron chi connectivity index (χ0n) is 14.3. The zero-order valence-corrected chi connectivity index (χ0v) is 14.3. The van der Waals surface area contributed by atoms with Crippen LogP contribution in [0.5, 0.6) is 0 Å². The second kappa shape index (κ2) is 6.93. The van der Waals surface area contributed by atoms with Crippen molar-refractivity contribution in [3.05, 3.63) is 17.5 Å². The topological polar surface area (TPSA) is 39.1 Å². The van der Waals surface area contributed by atoms with Gasteiger partial charge in [0.15, 0.2) is 0 Å². The van der Waals surface area contributed by atoms with Crippen molar-refractivity contribution in [3.63, 3.8) is 0 Å². The highest BCUT2D eigenvalue weighted by molar-refractivity contribution is 5.13. The van der Waals surface area contributed by atoms with Crippen LogP contribution in [-0.4, -0.2) is 35.6 Å². The van der Waals surface area contributed by atoms with E-state index in [4.69, 9.17) is 4.74 Å². The van der Waals surface area contributed by atoms with Gasteiger partial charge in [0, 0.05) is 31.8 Å². The van der Waals surface area contributed by atoms with Gasteiger partial charge in [-0.15, -0.1) is 0 Å². The number of hydrogen-bond acceptors (Lipinski definition) is 3. The molecule has 1 heterocycles. The summed E-state index contributed by atoms with van der Waals surface area (Å²) in [6, 6.07) is 2.55. The first-order valence-corrected chi connectivity index (χ1v) is 8.30. The Bertz CT molecular complexity index is 447. The molecule has 1 aromatic rings. The maximum absolute atomic E-state index is 6.04. The van der Waals surface area contributed by atoms with Gasteiger partial charge in [-0.1, -0.05) is 6.92 Å². The lowest BCUT2D eigenvalue weighted by molar-refractivity contribution is -0.0734. The second-order valence-electron chi connectivity index (χ2n) is 6.59. The Kier molecular flexibility index (Phi) is 5.44. The van der Waals surface area contributed by atoms with Gasteiger partial charge in [0.05, 0.1) is 11.3 Å². The van der Waals surface area contributed by atoms with Crippen molar-refractivity contribution >= 4 is 0 Å². The SMILES string of the molecule is CCn1nc(C)cc1CC(NC)C1(OC)CCC(C)CC1. The predicted molar refractivity (Wildman–Crippen MR) is 86.6 cm³/mol. The lowest BCUT2D eigenvalue weighted by atomic mass is 9.74. The van der Waals surface area contributed by atoms with Crippen LogP contribution in [0.1, 0.15) is 50.9 Å². The van der Waals surface area contributed by atoms with Crippen LogP contribution in [0.15, 0.2) is 6.07 Å². The minimum Gasteiger partial charge on any atom is -0.377 e. The molecule has 1 fully saturated rings. The highest BCUT2D eigenvalue weighted by Crippen LogP contribution is 2.37. The van der Waals surface area contributed by atoms with Crippen molar-refractivity contribution < 1.29 is 4.74 Å². The molecule has 0 radical (unpaired) electrons. The van der Waals surface area contributed by atoms with Gasteiger partial charge < -0.3 is 10.1 Å². The first-order valence-electron chi connectivity index (χ1n) is 8.30. The molecule has 4 nitrogen and oxygen atoms in total. The highest BCUT2D eigenvalue weighted by Gasteiger charge is 2.41. The number of likely N-dealkylation sites (N-methyl/N-ethyl adjacent to an activating group) is 1. The zero-order chi connectivity index (χ0) is 15.5. The monoisotopic (exact) mass is 293 g/mol. The lowest BCUT2D eigenvalue weighted by Crippen LogP contribution is -2.54. The van der Waals surface area contributed by atoms with Crippen LogP contribution in [0.25, 0.3) is 0 Å². The maximum Gasteiger partial charge on any atom is 0.0834 e.